The largest absolute Gasteiger partial charge is 0.460 e. The van der Waals surface area contributed by atoms with E-state index in [0.29, 0.717) is 16.5 Å². The van der Waals surface area contributed by atoms with E-state index in [-0.39, 0.29) is 5.91 Å². The molecule has 2 heterocycles. The topological polar surface area (TPSA) is 55.1 Å². The van der Waals surface area contributed by atoms with Crippen molar-refractivity contribution in [3.05, 3.63) is 58.7 Å². The second-order valence-electron chi connectivity index (χ2n) is 4.72. The quantitative estimate of drug-likeness (QED) is 0.785. The van der Waals surface area contributed by atoms with Crippen LogP contribution in [0.25, 0.3) is 11.5 Å². The second-order valence-corrected chi connectivity index (χ2v) is 5.58. The van der Waals surface area contributed by atoms with Gasteiger partial charge in [0.2, 0.25) is 0 Å². The molecular formula is C16H14N2O2S. The zero-order chi connectivity index (χ0) is 14.8. The first-order valence-corrected chi connectivity index (χ1v) is 7.41. The Morgan fingerprint density at radius 3 is 2.71 bits per heavy atom. The predicted molar refractivity (Wildman–Crippen MR) is 83.7 cm³/mol. The van der Waals surface area contributed by atoms with Gasteiger partial charge in [-0.3, -0.25) is 10.1 Å². The molecular weight excluding hydrogens is 284 g/mol. The number of carbonyl (C=O) groups is 1. The molecule has 1 amide bonds. The van der Waals surface area contributed by atoms with Crippen molar-refractivity contribution >= 4 is 22.4 Å². The third-order valence-electron chi connectivity index (χ3n) is 3.11. The molecule has 106 valence electrons. The molecule has 0 atom stereocenters. The smallest absolute Gasteiger partial charge is 0.257 e. The highest BCUT2D eigenvalue weighted by molar-refractivity contribution is 7.14. The standard InChI is InChI=1S/C16H14N2O2S/c1-10-5-3-4-6-12(10)15(19)18-16-17-13(9-21-16)14-8-7-11(2)20-14/h3-9H,1-2H3,(H,17,18,19). The molecule has 3 rings (SSSR count). The lowest BCUT2D eigenvalue weighted by molar-refractivity contribution is 0.102. The van der Waals surface area contributed by atoms with Crippen LogP contribution in [0.4, 0.5) is 5.13 Å². The lowest BCUT2D eigenvalue weighted by Gasteiger charge is -2.04. The van der Waals surface area contributed by atoms with Crippen LogP contribution in [0.5, 0.6) is 0 Å². The SMILES string of the molecule is Cc1ccc(-c2csc(NC(=O)c3ccccc3C)n2)o1. The van der Waals surface area contributed by atoms with E-state index in [0.717, 1.165) is 17.0 Å². The van der Waals surface area contributed by atoms with Crippen molar-refractivity contribution in [2.24, 2.45) is 0 Å². The number of anilines is 1. The van der Waals surface area contributed by atoms with Gasteiger partial charge in [0.1, 0.15) is 11.5 Å². The van der Waals surface area contributed by atoms with Gasteiger partial charge in [0.25, 0.3) is 5.91 Å². The van der Waals surface area contributed by atoms with Crippen molar-refractivity contribution in [2.45, 2.75) is 13.8 Å². The van der Waals surface area contributed by atoms with Gasteiger partial charge in [0.15, 0.2) is 10.9 Å². The molecule has 0 spiro atoms. The number of hydrogen-bond donors (Lipinski definition) is 1. The van der Waals surface area contributed by atoms with E-state index in [9.17, 15) is 4.79 Å². The van der Waals surface area contributed by atoms with E-state index in [1.807, 2.05) is 49.6 Å². The fraction of sp³-hybridized carbons (Fsp3) is 0.125. The monoisotopic (exact) mass is 298 g/mol. The Bertz CT molecular complexity index is 789. The highest BCUT2D eigenvalue weighted by atomic mass is 32.1. The van der Waals surface area contributed by atoms with Gasteiger partial charge < -0.3 is 4.42 Å². The predicted octanol–water partition coefficient (Wildman–Crippen LogP) is 4.27. The summed E-state index contributed by atoms with van der Waals surface area (Å²) in [5.74, 6) is 1.40. The van der Waals surface area contributed by atoms with E-state index in [1.165, 1.54) is 11.3 Å². The summed E-state index contributed by atoms with van der Waals surface area (Å²) in [7, 11) is 0. The summed E-state index contributed by atoms with van der Waals surface area (Å²) in [5.41, 5.74) is 2.32. The lowest BCUT2D eigenvalue weighted by atomic mass is 10.1. The minimum atomic E-state index is -0.148. The summed E-state index contributed by atoms with van der Waals surface area (Å²) in [4.78, 5) is 16.6. The molecule has 0 bridgehead atoms. The van der Waals surface area contributed by atoms with Gasteiger partial charge in [-0.25, -0.2) is 4.98 Å². The first-order valence-electron chi connectivity index (χ1n) is 6.53. The Morgan fingerprint density at radius 2 is 2.00 bits per heavy atom. The van der Waals surface area contributed by atoms with E-state index in [1.54, 1.807) is 6.07 Å². The van der Waals surface area contributed by atoms with E-state index < -0.39 is 0 Å². The van der Waals surface area contributed by atoms with Gasteiger partial charge in [-0.15, -0.1) is 11.3 Å². The van der Waals surface area contributed by atoms with E-state index in [4.69, 9.17) is 4.42 Å². The van der Waals surface area contributed by atoms with Crippen molar-refractivity contribution in [1.82, 2.24) is 4.98 Å². The molecule has 0 aliphatic heterocycles. The van der Waals surface area contributed by atoms with Crippen LogP contribution < -0.4 is 5.32 Å². The minimum absolute atomic E-state index is 0.148. The molecule has 0 saturated heterocycles. The Kier molecular flexibility index (Phi) is 3.58. The van der Waals surface area contributed by atoms with Crippen molar-refractivity contribution in [3.63, 3.8) is 0 Å². The summed E-state index contributed by atoms with van der Waals surface area (Å²) in [6, 6.07) is 11.2. The Hall–Kier alpha value is -2.40. The maximum atomic E-state index is 12.2. The average molecular weight is 298 g/mol. The van der Waals surface area contributed by atoms with Gasteiger partial charge in [-0.05, 0) is 37.6 Å². The summed E-state index contributed by atoms with van der Waals surface area (Å²) >= 11 is 1.38. The maximum absolute atomic E-state index is 12.2. The Labute approximate surface area is 126 Å². The number of benzene rings is 1. The zero-order valence-electron chi connectivity index (χ0n) is 11.7. The van der Waals surface area contributed by atoms with Crippen LogP contribution in [-0.4, -0.2) is 10.9 Å². The molecule has 0 fully saturated rings. The molecule has 0 aliphatic carbocycles. The summed E-state index contributed by atoms with van der Waals surface area (Å²) in [6.45, 7) is 3.80. The van der Waals surface area contributed by atoms with Crippen molar-refractivity contribution in [1.29, 1.82) is 0 Å². The third kappa shape index (κ3) is 2.87. The number of nitrogens with one attached hydrogen (secondary N) is 1. The first kappa shape index (κ1) is 13.6. The maximum Gasteiger partial charge on any atom is 0.257 e. The number of aryl methyl sites for hydroxylation is 2. The molecule has 5 heteroatoms. The number of amides is 1. The molecule has 21 heavy (non-hydrogen) atoms. The van der Waals surface area contributed by atoms with Crippen LogP contribution in [0.1, 0.15) is 21.7 Å². The normalized spacial score (nSPS) is 10.6. The third-order valence-corrected chi connectivity index (χ3v) is 3.86. The summed E-state index contributed by atoms with van der Waals surface area (Å²) in [5, 5.41) is 5.25. The van der Waals surface area contributed by atoms with Crippen molar-refractivity contribution in [2.75, 3.05) is 5.32 Å². The number of carbonyl (C=O) groups excluding carboxylic acids is 1. The molecule has 4 nitrogen and oxygen atoms in total. The molecule has 0 saturated carbocycles. The van der Waals surface area contributed by atoms with Crippen LogP contribution in [-0.2, 0) is 0 Å². The lowest BCUT2D eigenvalue weighted by Crippen LogP contribution is -2.12. The Balaban J connectivity index is 1.79. The highest BCUT2D eigenvalue weighted by Crippen LogP contribution is 2.26. The minimum Gasteiger partial charge on any atom is -0.460 e. The molecule has 0 radical (unpaired) electrons. The molecule has 1 aromatic carbocycles. The van der Waals surface area contributed by atoms with Gasteiger partial charge in [-0.2, -0.15) is 0 Å². The number of nitrogens with zero attached hydrogens (tertiary/aromatic N) is 1. The van der Waals surface area contributed by atoms with Gasteiger partial charge in [0.05, 0.1) is 0 Å². The van der Waals surface area contributed by atoms with Crippen LogP contribution in [0.15, 0.2) is 46.2 Å². The first-order chi connectivity index (χ1) is 10.1. The van der Waals surface area contributed by atoms with Crippen LogP contribution in [0.2, 0.25) is 0 Å². The molecule has 2 aromatic heterocycles. The van der Waals surface area contributed by atoms with Crippen LogP contribution in [0.3, 0.4) is 0 Å². The Morgan fingerprint density at radius 1 is 1.19 bits per heavy atom. The number of hydrogen-bond acceptors (Lipinski definition) is 4. The molecule has 3 aromatic rings. The highest BCUT2D eigenvalue weighted by Gasteiger charge is 2.12. The number of furan rings is 1. The van der Waals surface area contributed by atoms with Gasteiger partial charge in [0, 0.05) is 10.9 Å². The summed E-state index contributed by atoms with van der Waals surface area (Å²) in [6.07, 6.45) is 0. The molecule has 0 aliphatic rings. The number of aromatic nitrogens is 1. The number of rotatable bonds is 3. The van der Waals surface area contributed by atoms with Gasteiger partial charge in [-0.1, -0.05) is 18.2 Å². The average Bonchev–Trinajstić information content (AvgIpc) is 3.08. The van der Waals surface area contributed by atoms with Crippen molar-refractivity contribution < 1.29 is 9.21 Å². The molecule has 1 N–H and O–H groups in total. The fourth-order valence-electron chi connectivity index (χ4n) is 2.01. The fourth-order valence-corrected chi connectivity index (χ4v) is 2.70. The van der Waals surface area contributed by atoms with Crippen molar-refractivity contribution in [3.8, 4) is 11.5 Å². The molecule has 0 unspecified atom stereocenters. The van der Waals surface area contributed by atoms with Gasteiger partial charge >= 0.3 is 0 Å². The van der Waals surface area contributed by atoms with E-state index in [2.05, 4.69) is 10.3 Å². The van der Waals surface area contributed by atoms with Crippen LogP contribution >= 0.6 is 11.3 Å². The van der Waals surface area contributed by atoms with E-state index >= 15 is 0 Å². The number of thiazole rings is 1. The van der Waals surface area contributed by atoms with Crippen LogP contribution in [0, 0.1) is 13.8 Å². The summed E-state index contributed by atoms with van der Waals surface area (Å²) < 4.78 is 5.52. The second kappa shape index (κ2) is 5.54. The zero-order valence-corrected chi connectivity index (χ0v) is 12.5.